The first-order valence-electron chi connectivity index (χ1n) is 11.4. The SMILES string of the molecule is O=C1[C@@H]2[C@H]3C=C[C@@H]([C@@H]2C(=O)N1c1ccccc1O)[C@@H]1[C@@H]2C(=O)N(c4ccccc4O)C(=O)[C@H]2[C@H]31. The lowest BCUT2D eigenvalue weighted by atomic mass is 9.40. The Bertz CT molecular complexity index is 1290. The molecule has 2 saturated carbocycles. The number of allylic oxidation sites excluding steroid dienone is 2. The maximum absolute atomic E-state index is 13.5. The van der Waals surface area contributed by atoms with E-state index >= 15 is 0 Å². The van der Waals surface area contributed by atoms with Crippen LogP contribution in [0.15, 0.2) is 60.7 Å². The van der Waals surface area contributed by atoms with Gasteiger partial charge in [0.2, 0.25) is 23.6 Å². The predicted octanol–water partition coefficient (Wildman–Crippen LogP) is 2.07. The van der Waals surface area contributed by atoms with Gasteiger partial charge in [0.1, 0.15) is 11.5 Å². The molecule has 8 rings (SSSR count). The first kappa shape index (κ1) is 19.5. The number of phenols is 2. The minimum Gasteiger partial charge on any atom is -0.506 e. The fourth-order valence-electron chi connectivity index (χ4n) is 7.38. The van der Waals surface area contributed by atoms with Crippen molar-refractivity contribution in [2.75, 3.05) is 9.80 Å². The van der Waals surface area contributed by atoms with Gasteiger partial charge >= 0.3 is 0 Å². The molecule has 8 nitrogen and oxygen atoms in total. The quantitative estimate of drug-likeness (QED) is 0.528. The molecule has 4 amide bonds. The van der Waals surface area contributed by atoms with Crippen molar-refractivity contribution in [1.29, 1.82) is 0 Å². The van der Waals surface area contributed by atoms with Gasteiger partial charge in [-0.05, 0) is 47.9 Å². The van der Waals surface area contributed by atoms with Crippen molar-refractivity contribution in [3.05, 3.63) is 60.7 Å². The average molecular weight is 456 g/mol. The Balaban J connectivity index is 1.27. The van der Waals surface area contributed by atoms with Gasteiger partial charge in [-0.25, -0.2) is 9.80 Å². The number of fused-ring (bicyclic) bond motifs is 1. The Labute approximate surface area is 194 Å². The first-order valence-corrected chi connectivity index (χ1v) is 11.4. The van der Waals surface area contributed by atoms with Gasteiger partial charge in [0.25, 0.3) is 0 Å². The maximum atomic E-state index is 13.5. The van der Waals surface area contributed by atoms with Crippen LogP contribution >= 0.6 is 0 Å². The zero-order valence-electron chi connectivity index (χ0n) is 17.8. The van der Waals surface area contributed by atoms with Crippen LogP contribution in [-0.2, 0) is 19.2 Å². The molecule has 0 unspecified atom stereocenters. The zero-order chi connectivity index (χ0) is 23.5. The zero-order valence-corrected chi connectivity index (χ0v) is 17.8. The van der Waals surface area contributed by atoms with Crippen molar-refractivity contribution < 1.29 is 29.4 Å². The number of anilines is 2. The van der Waals surface area contributed by atoms with E-state index in [0.29, 0.717) is 0 Å². The molecular weight excluding hydrogens is 436 g/mol. The highest BCUT2D eigenvalue weighted by atomic mass is 16.3. The molecule has 2 bridgehead atoms. The van der Waals surface area contributed by atoms with E-state index < -0.39 is 23.7 Å². The molecule has 0 spiro atoms. The number of nitrogens with zero attached hydrogens (tertiary/aromatic N) is 2. The van der Waals surface area contributed by atoms with Crippen LogP contribution in [0, 0.1) is 47.3 Å². The number of carbonyl (C=O) groups is 4. The summed E-state index contributed by atoms with van der Waals surface area (Å²) in [6, 6.07) is 12.5. The third-order valence-electron chi connectivity index (χ3n) is 8.59. The number of imide groups is 2. The fourth-order valence-corrected chi connectivity index (χ4v) is 7.38. The van der Waals surface area contributed by atoms with Crippen molar-refractivity contribution in [1.82, 2.24) is 0 Å². The van der Waals surface area contributed by atoms with E-state index in [9.17, 15) is 29.4 Å². The number of rotatable bonds is 2. The topological polar surface area (TPSA) is 115 Å². The van der Waals surface area contributed by atoms with Crippen LogP contribution in [0.3, 0.4) is 0 Å². The van der Waals surface area contributed by atoms with Gasteiger partial charge in [-0.2, -0.15) is 0 Å². The van der Waals surface area contributed by atoms with Crippen LogP contribution in [0.4, 0.5) is 11.4 Å². The van der Waals surface area contributed by atoms with Crippen LogP contribution in [0.5, 0.6) is 11.5 Å². The highest BCUT2D eigenvalue weighted by Gasteiger charge is 2.75. The second kappa shape index (κ2) is 6.34. The van der Waals surface area contributed by atoms with E-state index in [1.807, 2.05) is 12.2 Å². The number of aromatic hydroxyl groups is 2. The van der Waals surface area contributed by atoms with E-state index in [-0.39, 0.29) is 70.2 Å². The molecule has 2 N–H and O–H groups in total. The second-order valence-corrected chi connectivity index (χ2v) is 9.80. The molecule has 4 fully saturated rings. The van der Waals surface area contributed by atoms with E-state index in [4.69, 9.17) is 0 Å². The summed E-state index contributed by atoms with van der Waals surface area (Å²) in [5.41, 5.74) is 0.332. The Morgan fingerprint density at radius 3 is 1.26 bits per heavy atom. The lowest BCUT2D eigenvalue weighted by Crippen LogP contribution is -2.63. The molecule has 6 aliphatic rings. The molecule has 2 aromatic carbocycles. The molecule has 34 heavy (non-hydrogen) atoms. The Morgan fingerprint density at radius 1 is 0.529 bits per heavy atom. The summed E-state index contributed by atoms with van der Waals surface area (Å²) in [4.78, 5) is 56.0. The summed E-state index contributed by atoms with van der Waals surface area (Å²) in [6.45, 7) is 0. The Kier molecular flexibility index (Phi) is 3.64. The van der Waals surface area contributed by atoms with Gasteiger partial charge in [0.15, 0.2) is 0 Å². The van der Waals surface area contributed by atoms with Crippen molar-refractivity contribution in [2.24, 2.45) is 47.3 Å². The predicted molar refractivity (Wildman–Crippen MR) is 118 cm³/mol. The largest absolute Gasteiger partial charge is 0.506 e. The van der Waals surface area contributed by atoms with Crippen molar-refractivity contribution in [3.8, 4) is 11.5 Å². The number of hydrogen-bond donors (Lipinski definition) is 2. The van der Waals surface area contributed by atoms with Crippen molar-refractivity contribution >= 4 is 35.0 Å². The van der Waals surface area contributed by atoms with E-state index in [0.717, 1.165) is 9.80 Å². The first-order chi connectivity index (χ1) is 16.4. The summed E-state index contributed by atoms with van der Waals surface area (Å²) in [7, 11) is 0. The van der Waals surface area contributed by atoms with Crippen LogP contribution in [0.1, 0.15) is 0 Å². The lowest BCUT2D eigenvalue weighted by Gasteiger charge is -2.60. The number of benzene rings is 2. The standard InChI is InChI=1S/C26H20N2O6/c29-15-7-3-1-5-13(15)27-23(31)19-11-9-10-12(20(19)24(27)32)18-17(11)21-22(18)26(34)28(25(21)33)14-6-2-4-8-16(14)30/h1-12,17-22,29-30H/t11-,12+,17+,18-,19+,20-,21-,22-/m0/s1. The number of amides is 4. The molecule has 8 heteroatoms. The summed E-state index contributed by atoms with van der Waals surface area (Å²) < 4.78 is 0. The summed E-state index contributed by atoms with van der Waals surface area (Å²) >= 11 is 0. The van der Waals surface area contributed by atoms with Crippen LogP contribution in [-0.4, -0.2) is 33.8 Å². The van der Waals surface area contributed by atoms with Gasteiger partial charge in [0.05, 0.1) is 35.0 Å². The molecule has 170 valence electrons. The average Bonchev–Trinajstić information content (AvgIpc) is 3.19. The van der Waals surface area contributed by atoms with E-state index in [1.165, 1.54) is 12.1 Å². The third kappa shape index (κ3) is 2.09. The second-order valence-electron chi connectivity index (χ2n) is 9.80. The molecule has 8 atom stereocenters. The lowest BCUT2D eigenvalue weighted by molar-refractivity contribution is -0.166. The highest BCUT2D eigenvalue weighted by Crippen LogP contribution is 2.68. The number of hydrogen-bond acceptors (Lipinski definition) is 6. The maximum Gasteiger partial charge on any atom is 0.238 e. The van der Waals surface area contributed by atoms with Gasteiger partial charge in [-0.15, -0.1) is 0 Å². The Morgan fingerprint density at radius 2 is 0.882 bits per heavy atom. The van der Waals surface area contributed by atoms with Crippen molar-refractivity contribution in [2.45, 2.75) is 0 Å². The number of phenolic OH excluding ortho intramolecular Hbond substituents is 2. The fraction of sp³-hybridized carbons (Fsp3) is 0.308. The van der Waals surface area contributed by atoms with E-state index in [1.54, 1.807) is 36.4 Å². The molecule has 2 heterocycles. The van der Waals surface area contributed by atoms with E-state index in [2.05, 4.69) is 0 Å². The highest BCUT2D eigenvalue weighted by molar-refractivity contribution is 6.25. The van der Waals surface area contributed by atoms with Crippen LogP contribution < -0.4 is 9.80 Å². The van der Waals surface area contributed by atoms with Gasteiger partial charge in [0, 0.05) is 0 Å². The molecule has 2 aliphatic heterocycles. The smallest absolute Gasteiger partial charge is 0.238 e. The van der Waals surface area contributed by atoms with Gasteiger partial charge in [-0.3, -0.25) is 19.2 Å². The summed E-state index contributed by atoms with van der Waals surface area (Å²) in [5.74, 6) is -5.23. The minimum atomic E-state index is -0.619. The Hall–Kier alpha value is -3.94. The molecule has 0 aromatic heterocycles. The van der Waals surface area contributed by atoms with Gasteiger partial charge < -0.3 is 10.2 Å². The van der Waals surface area contributed by atoms with Crippen LogP contribution in [0.25, 0.3) is 0 Å². The number of carbonyl (C=O) groups excluding carboxylic acids is 4. The third-order valence-corrected chi connectivity index (χ3v) is 8.59. The molecule has 2 saturated heterocycles. The minimum absolute atomic E-state index is 0.143. The van der Waals surface area contributed by atoms with Gasteiger partial charge in [-0.1, -0.05) is 36.4 Å². The molecule has 0 radical (unpaired) electrons. The van der Waals surface area contributed by atoms with Crippen LogP contribution in [0.2, 0.25) is 0 Å². The number of para-hydroxylation sites is 4. The summed E-state index contributed by atoms with van der Waals surface area (Å²) in [6.07, 6.45) is 3.87. The van der Waals surface area contributed by atoms with Crippen molar-refractivity contribution in [3.63, 3.8) is 0 Å². The molecule has 2 aromatic rings. The summed E-state index contributed by atoms with van der Waals surface area (Å²) in [5, 5.41) is 20.5. The molecule has 4 aliphatic carbocycles. The molecular formula is C26H20N2O6. The normalized spacial score (nSPS) is 37.1. The monoisotopic (exact) mass is 456 g/mol.